The van der Waals surface area contributed by atoms with Crippen molar-refractivity contribution < 1.29 is 5.11 Å². The molecule has 0 saturated heterocycles. The largest absolute Gasteiger partial charge is 0.508 e. The van der Waals surface area contributed by atoms with Crippen LogP contribution < -0.4 is 11.1 Å². The molecular weight excluding hydrogens is 368 g/mol. The highest BCUT2D eigenvalue weighted by atomic mass is 16.3. The highest BCUT2D eigenvalue weighted by molar-refractivity contribution is 5.80. The van der Waals surface area contributed by atoms with Gasteiger partial charge in [-0.15, -0.1) is 0 Å². The van der Waals surface area contributed by atoms with Gasteiger partial charge >= 0.3 is 0 Å². The fraction of sp³-hybridized carbons (Fsp3) is 0.150. The van der Waals surface area contributed by atoms with Crippen LogP contribution in [-0.4, -0.2) is 29.7 Å². The highest BCUT2D eigenvalue weighted by Gasteiger charge is 2.19. The lowest BCUT2D eigenvalue weighted by molar-refractivity contribution is 0.475. The second kappa shape index (κ2) is 7.09. The zero-order chi connectivity index (χ0) is 20.5. The molecule has 29 heavy (non-hydrogen) atoms. The lowest BCUT2D eigenvalue weighted by Crippen LogP contribution is -2.16. The van der Waals surface area contributed by atoms with Crippen LogP contribution in [-0.2, 0) is 0 Å². The molecule has 0 radical (unpaired) electrons. The normalized spacial score (nSPS) is 11.9. The Balaban J connectivity index is 1.81. The van der Waals surface area contributed by atoms with Crippen molar-refractivity contribution in [3.05, 3.63) is 59.8 Å². The van der Waals surface area contributed by atoms with Gasteiger partial charge in [-0.2, -0.15) is 10.4 Å². The third kappa shape index (κ3) is 3.27. The van der Waals surface area contributed by atoms with Gasteiger partial charge in [0.1, 0.15) is 35.3 Å². The Morgan fingerprint density at radius 2 is 2.10 bits per heavy atom. The van der Waals surface area contributed by atoms with Gasteiger partial charge in [0.05, 0.1) is 17.3 Å². The van der Waals surface area contributed by atoms with Gasteiger partial charge in [0.15, 0.2) is 5.82 Å². The van der Waals surface area contributed by atoms with E-state index in [0.29, 0.717) is 17.3 Å². The number of phenols is 1. The Hall–Kier alpha value is -4.19. The maximum atomic E-state index is 9.90. The van der Waals surface area contributed by atoms with Crippen LogP contribution in [0.1, 0.15) is 29.9 Å². The Morgan fingerprint density at radius 1 is 1.28 bits per heavy atom. The van der Waals surface area contributed by atoms with E-state index in [1.54, 1.807) is 22.7 Å². The van der Waals surface area contributed by atoms with Crippen LogP contribution >= 0.6 is 0 Å². The first-order valence-electron chi connectivity index (χ1n) is 8.90. The number of hydrogen-bond donors (Lipinski definition) is 3. The van der Waals surface area contributed by atoms with Crippen LogP contribution in [0.4, 0.5) is 11.6 Å². The molecule has 4 N–H and O–H groups in total. The van der Waals surface area contributed by atoms with Crippen molar-refractivity contribution in [2.24, 2.45) is 0 Å². The van der Waals surface area contributed by atoms with Crippen LogP contribution in [0, 0.1) is 18.3 Å². The van der Waals surface area contributed by atoms with E-state index in [9.17, 15) is 10.4 Å². The van der Waals surface area contributed by atoms with Crippen LogP contribution in [0.2, 0.25) is 0 Å². The number of hydrogen-bond acceptors (Lipinski definition) is 8. The van der Waals surface area contributed by atoms with Gasteiger partial charge in [0, 0.05) is 11.8 Å². The molecule has 3 aromatic heterocycles. The minimum atomic E-state index is -0.375. The number of aryl methyl sites for hydroxylation is 1. The predicted octanol–water partition coefficient (Wildman–Crippen LogP) is 2.83. The number of nitrogens with zero attached hydrogens (tertiary/aromatic N) is 6. The van der Waals surface area contributed by atoms with E-state index in [-0.39, 0.29) is 23.2 Å². The van der Waals surface area contributed by atoms with Crippen LogP contribution in [0.15, 0.2) is 42.9 Å². The van der Waals surface area contributed by atoms with Crippen molar-refractivity contribution >= 4 is 17.2 Å². The van der Waals surface area contributed by atoms with Crippen molar-refractivity contribution in [1.82, 2.24) is 24.6 Å². The summed E-state index contributed by atoms with van der Waals surface area (Å²) < 4.78 is 1.76. The lowest BCUT2D eigenvalue weighted by Gasteiger charge is -2.16. The summed E-state index contributed by atoms with van der Waals surface area (Å²) in [7, 11) is 0. The molecule has 0 bridgehead atoms. The summed E-state index contributed by atoms with van der Waals surface area (Å²) in [6, 6.07) is 10.5. The number of phenolic OH excluding ortho intramolecular Hbond substituents is 1. The van der Waals surface area contributed by atoms with E-state index < -0.39 is 0 Å². The van der Waals surface area contributed by atoms with E-state index in [1.165, 1.54) is 6.33 Å². The van der Waals surface area contributed by atoms with Crippen molar-refractivity contribution in [3.63, 3.8) is 0 Å². The molecule has 0 aliphatic carbocycles. The molecule has 0 aliphatic rings. The van der Waals surface area contributed by atoms with Crippen LogP contribution in [0.5, 0.6) is 5.75 Å². The van der Waals surface area contributed by atoms with E-state index >= 15 is 0 Å². The average Bonchev–Trinajstić information content (AvgIpc) is 3.08. The van der Waals surface area contributed by atoms with Gasteiger partial charge in [0.25, 0.3) is 0 Å². The molecule has 4 rings (SSSR count). The summed E-state index contributed by atoms with van der Waals surface area (Å²) >= 11 is 0. The van der Waals surface area contributed by atoms with Crippen molar-refractivity contribution in [2.75, 3.05) is 11.1 Å². The molecule has 1 atom stereocenters. The van der Waals surface area contributed by atoms with E-state index in [0.717, 1.165) is 16.6 Å². The number of aromatic hydroxyl groups is 1. The molecule has 0 aliphatic heterocycles. The molecule has 144 valence electrons. The van der Waals surface area contributed by atoms with Crippen molar-refractivity contribution in [1.29, 1.82) is 5.26 Å². The average molecular weight is 386 g/mol. The molecule has 1 aromatic carbocycles. The predicted molar refractivity (Wildman–Crippen MR) is 108 cm³/mol. The quantitative estimate of drug-likeness (QED) is 0.487. The number of anilines is 2. The zero-order valence-electron chi connectivity index (χ0n) is 15.8. The van der Waals surface area contributed by atoms with Gasteiger partial charge in [0.2, 0.25) is 0 Å². The first kappa shape index (κ1) is 18.2. The van der Waals surface area contributed by atoms with Crippen LogP contribution in [0.25, 0.3) is 16.8 Å². The van der Waals surface area contributed by atoms with Crippen LogP contribution in [0.3, 0.4) is 0 Å². The summed E-state index contributed by atoms with van der Waals surface area (Å²) in [6.07, 6.45) is 3.15. The van der Waals surface area contributed by atoms with E-state index in [1.807, 2.05) is 38.2 Å². The van der Waals surface area contributed by atoms with Gasteiger partial charge in [-0.1, -0.05) is 12.1 Å². The maximum Gasteiger partial charge on any atom is 0.171 e. The topological polar surface area (TPSA) is 138 Å². The molecule has 9 nitrogen and oxygen atoms in total. The molecule has 3 heterocycles. The van der Waals surface area contributed by atoms with Gasteiger partial charge < -0.3 is 16.2 Å². The molecule has 0 saturated carbocycles. The zero-order valence-corrected chi connectivity index (χ0v) is 15.8. The third-order valence-corrected chi connectivity index (χ3v) is 4.58. The SMILES string of the molecule is Cc1ccn2nc(C(C)Nc3ncnc(N)c3C#N)nc(-c3cccc(O)c3)c12. The summed E-state index contributed by atoms with van der Waals surface area (Å²) in [6.45, 7) is 3.85. The molecular formula is C20H18N8O. The van der Waals surface area contributed by atoms with Crippen molar-refractivity contribution in [3.8, 4) is 23.1 Å². The highest BCUT2D eigenvalue weighted by Crippen LogP contribution is 2.29. The summed E-state index contributed by atoms with van der Waals surface area (Å²) in [4.78, 5) is 12.7. The fourth-order valence-electron chi connectivity index (χ4n) is 3.12. The van der Waals surface area contributed by atoms with E-state index in [4.69, 9.17) is 10.7 Å². The number of benzene rings is 1. The van der Waals surface area contributed by atoms with Gasteiger partial charge in [-0.05, 0) is 37.6 Å². The maximum absolute atomic E-state index is 9.90. The summed E-state index contributed by atoms with van der Waals surface area (Å²) in [5, 5.41) is 27.0. The van der Waals surface area contributed by atoms with Gasteiger partial charge in [-0.3, -0.25) is 0 Å². The third-order valence-electron chi connectivity index (χ3n) is 4.58. The number of fused-ring (bicyclic) bond motifs is 1. The Kier molecular flexibility index (Phi) is 4.44. The number of nitriles is 1. The van der Waals surface area contributed by atoms with Crippen molar-refractivity contribution in [2.45, 2.75) is 19.9 Å². The number of nitrogen functional groups attached to an aromatic ring is 1. The minimum Gasteiger partial charge on any atom is -0.508 e. The standard InChI is InChI=1S/C20H18N8O/c1-11-6-7-28-17(11)16(13-4-3-5-14(29)8-13)26-19(27-28)12(2)25-20-15(9-21)18(22)23-10-24-20/h3-8,10,12,29H,1-2H3,(H3,22,23,24,25). The lowest BCUT2D eigenvalue weighted by atomic mass is 10.1. The fourth-order valence-corrected chi connectivity index (χ4v) is 3.12. The number of nitrogens with one attached hydrogen (secondary N) is 1. The number of aromatic nitrogens is 5. The first-order chi connectivity index (χ1) is 14.0. The van der Waals surface area contributed by atoms with Gasteiger partial charge in [-0.25, -0.2) is 19.5 Å². The van der Waals surface area contributed by atoms with E-state index in [2.05, 4.69) is 20.4 Å². The minimum absolute atomic E-state index is 0.107. The molecule has 0 spiro atoms. The Morgan fingerprint density at radius 3 is 2.86 bits per heavy atom. The monoisotopic (exact) mass is 386 g/mol. The summed E-state index contributed by atoms with van der Waals surface area (Å²) in [5.41, 5.74) is 9.29. The second-order valence-electron chi connectivity index (χ2n) is 6.62. The number of nitrogens with two attached hydrogens (primary N) is 1. The Labute approximate surface area is 166 Å². The molecule has 1 unspecified atom stereocenters. The second-order valence-corrected chi connectivity index (χ2v) is 6.62. The smallest absolute Gasteiger partial charge is 0.171 e. The summed E-state index contributed by atoms with van der Waals surface area (Å²) in [5.74, 6) is 1.08. The molecule has 9 heteroatoms. The Bertz CT molecular complexity index is 1260. The first-order valence-corrected chi connectivity index (χ1v) is 8.90. The molecule has 0 fully saturated rings. The molecule has 4 aromatic rings. The number of rotatable bonds is 4. The molecule has 0 amide bonds.